The lowest BCUT2D eigenvalue weighted by atomic mass is 9.40. The molecule has 0 atom stereocenters. The summed E-state index contributed by atoms with van der Waals surface area (Å²) in [6.07, 6.45) is 3.60. The van der Waals surface area contributed by atoms with Gasteiger partial charge in [-0.25, -0.2) is 0 Å². The van der Waals surface area contributed by atoms with E-state index in [1.807, 2.05) is 0 Å². The van der Waals surface area contributed by atoms with Crippen LogP contribution in [0.25, 0.3) is 11.1 Å². The maximum Gasteiger partial charge on any atom is 0.175 e. The maximum atomic E-state index is 2.34. The van der Waals surface area contributed by atoms with Crippen LogP contribution in [0.15, 0.2) is 42.5 Å². The molecule has 0 saturated carbocycles. The van der Waals surface area contributed by atoms with Gasteiger partial charge in [-0.2, -0.15) is 0 Å². The Kier molecular flexibility index (Phi) is 2.99. The van der Waals surface area contributed by atoms with Crippen LogP contribution in [0.2, 0.25) is 12.6 Å². The van der Waals surface area contributed by atoms with Crippen molar-refractivity contribution >= 4 is 12.2 Å². The monoisotopic (exact) mass is 234 g/mol. The van der Waals surface area contributed by atoms with Gasteiger partial charge in [0, 0.05) is 0 Å². The summed E-state index contributed by atoms with van der Waals surface area (Å²) in [5, 5.41) is 0. The third-order valence-corrected chi connectivity index (χ3v) is 4.31. The van der Waals surface area contributed by atoms with E-state index in [4.69, 9.17) is 0 Å². The van der Waals surface area contributed by atoms with E-state index in [1.165, 1.54) is 29.3 Å². The zero-order valence-corrected chi connectivity index (χ0v) is 11.2. The van der Waals surface area contributed by atoms with Crippen molar-refractivity contribution < 1.29 is 0 Å². The Bertz CT molecular complexity index is 568. The second-order valence-corrected chi connectivity index (χ2v) is 5.22. The molecule has 0 heterocycles. The van der Waals surface area contributed by atoms with Crippen LogP contribution in [-0.4, -0.2) is 6.71 Å². The van der Waals surface area contributed by atoms with Gasteiger partial charge < -0.3 is 0 Å². The van der Waals surface area contributed by atoms with Crippen LogP contribution in [0.1, 0.15) is 25.0 Å². The average Bonchev–Trinajstić information content (AvgIpc) is 2.80. The predicted molar refractivity (Wildman–Crippen MR) is 81.0 cm³/mol. The maximum absolute atomic E-state index is 2.34. The van der Waals surface area contributed by atoms with Crippen molar-refractivity contribution in [2.24, 2.45) is 0 Å². The number of fused-ring (bicyclic) bond motifs is 3. The van der Waals surface area contributed by atoms with Gasteiger partial charge in [-0.15, -0.1) is 0 Å². The highest BCUT2D eigenvalue weighted by molar-refractivity contribution is 6.73. The highest BCUT2D eigenvalue weighted by atomic mass is 14.2. The molecule has 2 aromatic rings. The van der Waals surface area contributed by atoms with E-state index in [0.29, 0.717) is 6.71 Å². The number of hydrogen-bond donors (Lipinski definition) is 0. The van der Waals surface area contributed by atoms with Crippen LogP contribution in [-0.2, 0) is 6.42 Å². The standard InChI is InChI=1S/C17H19B/c1-3-18(4-2)17-11-7-10-15-14-9-6-5-8-13(14)12-16(15)17/h5-11H,3-4,12H2,1-2H3. The minimum Gasteiger partial charge on any atom is -0.0760 e. The van der Waals surface area contributed by atoms with Gasteiger partial charge in [0.2, 0.25) is 0 Å². The molecule has 0 nitrogen and oxygen atoms in total. The average molecular weight is 234 g/mol. The van der Waals surface area contributed by atoms with Crippen molar-refractivity contribution in [2.45, 2.75) is 32.9 Å². The van der Waals surface area contributed by atoms with Gasteiger partial charge in [0.05, 0.1) is 0 Å². The van der Waals surface area contributed by atoms with Crippen molar-refractivity contribution in [3.05, 3.63) is 53.6 Å². The summed E-state index contributed by atoms with van der Waals surface area (Å²) in [4.78, 5) is 0. The van der Waals surface area contributed by atoms with Crippen LogP contribution < -0.4 is 5.46 Å². The first-order chi connectivity index (χ1) is 8.85. The number of hydrogen-bond acceptors (Lipinski definition) is 0. The van der Waals surface area contributed by atoms with Crippen molar-refractivity contribution in [2.75, 3.05) is 0 Å². The second kappa shape index (κ2) is 4.64. The molecule has 18 heavy (non-hydrogen) atoms. The van der Waals surface area contributed by atoms with E-state index in [-0.39, 0.29) is 0 Å². The van der Waals surface area contributed by atoms with Crippen molar-refractivity contribution in [1.29, 1.82) is 0 Å². The molecule has 1 aliphatic carbocycles. The molecule has 0 unspecified atom stereocenters. The molecular weight excluding hydrogens is 215 g/mol. The first-order valence-electron chi connectivity index (χ1n) is 7.05. The van der Waals surface area contributed by atoms with Gasteiger partial charge in [0.1, 0.15) is 0 Å². The fourth-order valence-corrected chi connectivity index (χ4v) is 3.29. The molecule has 1 aliphatic rings. The fourth-order valence-electron chi connectivity index (χ4n) is 3.29. The summed E-state index contributed by atoms with van der Waals surface area (Å²) in [6.45, 7) is 5.32. The van der Waals surface area contributed by atoms with E-state index in [1.54, 1.807) is 11.0 Å². The normalized spacial score (nSPS) is 12.1. The molecule has 0 aliphatic heterocycles. The summed E-state index contributed by atoms with van der Waals surface area (Å²) < 4.78 is 0. The van der Waals surface area contributed by atoms with E-state index < -0.39 is 0 Å². The summed E-state index contributed by atoms with van der Waals surface area (Å²) >= 11 is 0. The first kappa shape index (κ1) is 11.6. The minimum absolute atomic E-state index is 0.717. The van der Waals surface area contributed by atoms with E-state index in [2.05, 4.69) is 56.3 Å². The summed E-state index contributed by atoms with van der Waals surface area (Å²) in [6, 6.07) is 15.7. The Morgan fingerprint density at radius 2 is 1.61 bits per heavy atom. The zero-order chi connectivity index (χ0) is 12.5. The Hall–Kier alpha value is -1.50. The van der Waals surface area contributed by atoms with Crippen LogP contribution in [0.4, 0.5) is 0 Å². The van der Waals surface area contributed by atoms with Crippen LogP contribution in [0.3, 0.4) is 0 Å². The van der Waals surface area contributed by atoms with E-state index in [0.717, 1.165) is 6.42 Å². The molecule has 0 spiro atoms. The highest BCUT2D eigenvalue weighted by Crippen LogP contribution is 2.35. The minimum atomic E-state index is 0.717. The smallest absolute Gasteiger partial charge is 0.0760 e. The largest absolute Gasteiger partial charge is 0.175 e. The van der Waals surface area contributed by atoms with E-state index >= 15 is 0 Å². The quantitative estimate of drug-likeness (QED) is 0.601. The zero-order valence-electron chi connectivity index (χ0n) is 11.2. The van der Waals surface area contributed by atoms with Crippen molar-refractivity contribution in [3.63, 3.8) is 0 Å². The molecule has 0 amide bonds. The van der Waals surface area contributed by atoms with Gasteiger partial charge >= 0.3 is 0 Å². The fraction of sp³-hybridized carbons (Fsp3) is 0.294. The van der Waals surface area contributed by atoms with Gasteiger partial charge in [-0.1, -0.05) is 74.4 Å². The third-order valence-electron chi connectivity index (χ3n) is 4.31. The molecule has 90 valence electrons. The number of benzene rings is 2. The van der Waals surface area contributed by atoms with Gasteiger partial charge in [-0.05, 0) is 28.7 Å². The number of rotatable bonds is 3. The molecule has 0 fully saturated rings. The Morgan fingerprint density at radius 3 is 2.39 bits per heavy atom. The van der Waals surface area contributed by atoms with Gasteiger partial charge in [-0.3, -0.25) is 0 Å². The molecule has 3 rings (SSSR count). The highest BCUT2D eigenvalue weighted by Gasteiger charge is 2.23. The lowest BCUT2D eigenvalue weighted by Gasteiger charge is -2.14. The molecular formula is C17H19B. The lowest BCUT2D eigenvalue weighted by Crippen LogP contribution is -2.31. The SMILES string of the molecule is CCB(CC)c1cccc2c1Cc1ccccc1-2. The molecule has 0 N–H and O–H groups in total. The van der Waals surface area contributed by atoms with Gasteiger partial charge in [0.25, 0.3) is 0 Å². The lowest BCUT2D eigenvalue weighted by molar-refractivity contribution is 1.26. The van der Waals surface area contributed by atoms with Crippen LogP contribution in [0.5, 0.6) is 0 Å². The summed E-state index contributed by atoms with van der Waals surface area (Å²) in [5.74, 6) is 0. The van der Waals surface area contributed by atoms with Crippen molar-refractivity contribution in [1.82, 2.24) is 0 Å². The molecule has 2 aromatic carbocycles. The van der Waals surface area contributed by atoms with Crippen LogP contribution in [0, 0.1) is 0 Å². The Balaban J connectivity index is 2.14. The molecule has 0 aromatic heterocycles. The van der Waals surface area contributed by atoms with E-state index in [9.17, 15) is 0 Å². The summed E-state index contributed by atoms with van der Waals surface area (Å²) in [5.41, 5.74) is 7.56. The molecule has 0 saturated heterocycles. The third kappa shape index (κ3) is 1.70. The molecule has 0 bridgehead atoms. The predicted octanol–water partition coefficient (Wildman–Crippen LogP) is 4.00. The second-order valence-electron chi connectivity index (χ2n) is 5.22. The van der Waals surface area contributed by atoms with Gasteiger partial charge in [0.15, 0.2) is 6.71 Å². The topological polar surface area (TPSA) is 0 Å². The Labute approximate surface area is 110 Å². The molecule has 0 radical (unpaired) electrons. The van der Waals surface area contributed by atoms with Crippen molar-refractivity contribution in [3.8, 4) is 11.1 Å². The Morgan fingerprint density at radius 1 is 0.889 bits per heavy atom. The molecule has 1 heteroatoms. The summed E-state index contributed by atoms with van der Waals surface area (Å²) in [7, 11) is 0. The van der Waals surface area contributed by atoms with Crippen LogP contribution >= 0.6 is 0 Å². The first-order valence-corrected chi connectivity index (χ1v) is 7.05.